The fourth-order valence-corrected chi connectivity index (χ4v) is 3.07. The van der Waals surface area contributed by atoms with E-state index >= 15 is 0 Å². The zero-order valence-corrected chi connectivity index (χ0v) is 15.1. The average molecular weight is 370 g/mol. The molecule has 3 heterocycles. The van der Waals surface area contributed by atoms with Gasteiger partial charge < -0.3 is 9.88 Å². The number of amides is 1. The number of aromatic nitrogens is 3. The molecule has 0 fully saturated rings. The van der Waals surface area contributed by atoms with E-state index in [0.29, 0.717) is 24.0 Å². The molecule has 6 heteroatoms. The number of carbonyl (C=O) groups excluding carboxylic acids is 1. The lowest BCUT2D eigenvalue weighted by Gasteiger charge is -2.13. The molecule has 0 bridgehead atoms. The van der Waals surface area contributed by atoms with E-state index in [0.717, 1.165) is 11.3 Å². The number of nitrogens with one attached hydrogen (secondary N) is 1. The highest BCUT2D eigenvalue weighted by Gasteiger charge is 2.16. The molecule has 0 aliphatic rings. The number of nitrogens with zero attached hydrogens (tertiary/aromatic N) is 3. The molecule has 138 valence electrons. The van der Waals surface area contributed by atoms with Crippen LogP contribution in [0.5, 0.6) is 0 Å². The van der Waals surface area contributed by atoms with Crippen LogP contribution < -0.4 is 10.7 Å². The van der Waals surface area contributed by atoms with Crippen LogP contribution in [-0.4, -0.2) is 27.0 Å². The van der Waals surface area contributed by atoms with Gasteiger partial charge in [0.1, 0.15) is 11.2 Å². The summed E-state index contributed by atoms with van der Waals surface area (Å²) >= 11 is 0. The number of rotatable bonds is 5. The molecule has 1 N–H and O–H groups in total. The van der Waals surface area contributed by atoms with Crippen LogP contribution in [0.25, 0.3) is 16.7 Å². The molecular weight excluding hydrogens is 352 g/mol. The van der Waals surface area contributed by atoms with Gasteiger partial charge in [0.2, 0.25) is 5.43 Å². The second-order valence-electron chi connectivity index (χ2n) is 6.31. The molecule has 0 aliphatic carbocycles. The van der Waals surface area contributed by atoms with Crippen molar-refractivity contribution in [1.29, 1.82) is 0 Å². The summed E-state index contributed by atoms with van der Waals surface area (Å²) in [5, 5.41) is 3.25. The fourth-order valence-electron chi connectivity index (χ4n) is 3.07. The molecule has 4 rings (SSSR count). The summed E-state index contributed by atoms with van der Waals surface area (Å²) in [5.74, 6) is -0.394. The summed E-state index contributed by atoms with van der Waals surface area (Å²) in [5.41, 5.74) is 2.19. The minimum atomic E-state index is -0.394. The summed E-state index contributed by atoms with van der Waals surface area (Å²) in [6.45, 7) is 0.429. The Labute approximate surface area is 161 Å². The van der Waals surface area contributed by atoms with Gasteiger partial charge in [0.15, 0.2) is 0 Å². The molecule has 0 radical (unpaired) electrons. The molecule has 0 aliphatic heterocycles. The van der Waals surface area contributed by atoms with Crippen molar-refractivity contribution in [3.63, 3.8) is 0 Å². The van der Waals surface area contributed by atoms with Crippen molar-refractivity contribution >= 4 is 16.9 Å². The third-order valence-corrected chi connectivity index (χ3v) is 4.49. The first-order chi connectivity index (χ1) is 13.7. The summed E-state index contributed by atoms with van der Waals surface area (Å²) < 4.78 is 1.77. The molecule has 0 unspecified atom stereocenters. The number of pyridine rings is 3. The fraction of sp³-hybridized carbons (Fsp3) is 0.0909. The van der Waals surface area contributed by atoms with Crippen LogP contribution >= 0.6 is 0 Å². The van der Waals surface area contributed by atoms with Crippen molar-refractivity contribution in [3.05, 3.63) is 101 Å². The second kappa shape index (κ2) is 7.84. The minimum absolute atomic E-state index is 0.0964. The van der Waals surface area contributed by atoms with Crippen LogP contribution in [-0.2, 0) is 6.42 Å². The van der Waals surface area contributed by atoms with Gasteiger partial charge in [0.05, 0.1) is 5.39 Å². The summed E-state index contributed by atoms with van der Waals surface area (Å²) in [4.78, 5) is 33.9. The van der Waals surface area contributed by atoms with E-state index in [2.05, 4.69) is 15.3 Å². The SMILES string of the molecule is O=C(NCCc1ccncc1)c1cn(-c2ccccc2)c2ncccc2c1=O. The maximum absolute atomic E-state index is 12.9. The van der Waals surface area contributed by atoms with E-state index in [1.54, 1.807) is 41.5 Å². The van der Waals surface area contributed by atoms with Gasteiger partial charge >= 0.3 is 0 Å². The van der Waals surface area contributed by atoms with Crippen molar-refractivity contribution in [2.24, 2.45) is 0 Å². The first-order valence-corrected chi connectivity index (χ1v) is 8.97. The van der Waals surface area contributed by atoms with E-state index in [1.807, 2.05) is 42.5 Å². The second-order valence-corrected chi connectivity index (χ2v) is 6.31. The lowest BCUT2D eigenvalue weighted by Crippen LogP contribution is -2.31. The monoisotopic (exact) mass is 370 g/mol. The zero-order chi connectivity index (χ0) is 19.3. The smallest absolute Gasteiger partial charge is 0.256 e. The van der Waals surface area contributed by atoms with E-state index in [4.69, 9.17) is 0 Å². The van der Waals surface area contributed by atoms with Crippen LogP contribution in [0, 0.1) is 0 Å². The highest BCUT2D eigenvalue weighted by Crippen LogP contribution is 2.15. The largest absolute Gasteiger partial charge is 0.352 e. The van der Waals surface area contributed by atoms with E-state index in [1.165, 1.54) is 0 Å². The predicted molar refractivity (Wildman–Crippen MR) is 108 cm³/mol. The van der Waals surface area contributed by atoms with Gasteiger partial charge in [0.25, 0.3) is 5.91 Å². The Morgan fingerprint density at radius 2 is 1.75 bits per heavy atom. The lowest BCUT2D eigenvalue weighted by atomic mass is 10.1. The van der Waals surface area contributed by atoms with Crippen LogP contribution in [0.4, 0.5) is 0 Å². The molecule has 1 amide bonds. The number of hydrogen-bond acceptors (Lipinski definition) is 4. The molecule has 4 aromatic rings. The molecule has 3 aromatic heterocycles. The van der Waals surface area contributed by atoms with Crippen molar-refractivity contribution in [2.75, 3.05) is 6.54 Å². The van der Waals surface area contributed by atoms with Gasteiger partial charge in [-0.05, 0) is 48.4 Å². The summed E-state index contributed by atoms with van der Waals surface area (Å²) in [6.07, 6.45) is 7.29. The molecule has 6 nitrogen and oxygen atoms in total. The maximum atomic E-state index is 12.9. The Morgan fingerprint density at radius 1 is 0.964 bits per heavy atom. The van der Waals surface area contributed by atoms with Crippen LogP contribution in [0.15, 0.2) is 84.2 Å². The van der Waals surface area contributed by atoms with Crippen LogP contribution in [0.1, 0.15) is 15.9 Å². The van der Waals surface area contributed by atoms with Gasteiger partial charge in [-0.1, -0.05) is 18.2 Å². The third-order valence-electron chi connectivity index (χ3n) is 4.49. The van der Waals surface area contributed by atoms with Crippen molar-refractivity contribution in [2.45, 2.75) is 6.42 Å². The predicted octanol–water partition coefficient (Wildman–Crippen LogP) is 2.75. The molecule has 1 aromatic carbocycles. The minimum Gasteiger partial charge on any atom is -0.352 e. The molecule has 0 saturated heterocycles. The van der Waals surface area contributed by atoms with Gasteiger partial charge in [0, 0.05) is 37.0 Å². The Hall–Kier alpha value is -3.80. The number of para-hydroxylation sites is 1. The lowest BCUT2D eigenvalue weighted by molar-refractivity contribution is 0.0952. The van der Waals surface area contributed by atoms with Gasteiger partial charge in [-0.3, -0.25) is 14.6 Å². The molecular formula is C22H18N4O2. The maximum Gasteiger partial charge on any atom is 0.256 e. The van der Waals surface area contributed by atoms with Gasteiger partial charge in [-0.2, -0.15) is 0 Å². The van der Waals surface area contributed by atoms with E-state index in [-0.39, 0.29) is 11.0 Å². The molecule has 28 heavy (non-hydrogen) atoms. The normalized spacial score (nSPS) is 10.7. The number of carbonyl (C=O) groups is 1. The quantitative estimate of drug-likeness (QED) is 0.586. The zero-order valence-electron chi connectivity index (χ0n) is 15.1. The first-order valence-electron chi connectivity index (χ1n) is 8.97. The van der Waals surface area contributed by atoms with E-state index in [9.17, 15) is 9.59 Å². The number of fused-ring (bicyclic) bond motifs is 1. The number of benzene rings is 1. The topological polar surface area (TPSA) is 76.9 Å². The standard InChI is InChI=1S/C22H18N4O2/c27-20-18-7-4-11-24-21(18)26(17-5-2-1-3-6-17)15-19(20)22(28)25-14-10-16-8-12-23-13-9-16/h1-9,11-13,15H,10,14H2,(H,25,28). The van der Waals surface area contributed by atoms with Crippen LogP contribution in [0.3, 0.4) is 0 Å². The Kier molecular flexibility index (Phi) is 4.93. The Morgan fingerprint density at radius 3 is 2.54 bits per heavy atom. The van der Waals surface area contributed by atoms with Gasteiger partial charge in [-0.15, -0.1) is 0 Å². The van der Waals surface area contributed by atoms with Gasteiger partial charge in [-0.25, -0.2) is 4.98 Å². The number of hydrogen-bond donors (Lipinski definition) is 1. The first kappa shape index (κ1) is 17.6. The molecule has 0 spiro atoms. The van der Waals surface area contributed by atoms with Crippen molar-refractivity contribution < 1.29 is 4.79 Å². The highest BCUT2D eigenvalue weighted by molar-refractivity contribution is 5.97. The van der Waals surface area contributed by atoms with Crippen molar-refractivity contribution in [1.82, 2.24) is 19.9 Å². The Balaban J connectivity index is 1.68. The van der Waals surface area contributed by atoms with Crippen LogP contribution in [0.2, 0.25) is 0 Å². The average Bonchev–Trinajstić information content (AvgIpc) is 2.75. The highest BCUT2D eigenvalue weighted by atomic mass is 16.2. The third kappa shape index (κ3) is 3.53. The van der Waals surface area contributed by atoms with E-state index < -0.39 is 5.91 Å². The summed E-state index contributed by atoms with van der Waals surface area (Å²) in [7, 11) is 0. The molecule has 0 saturated carbocycles. The molecule has 0 atom stereocenters. The Bertz CT molecular complexity index is 1170. The van der Waals surface area contributed by atoms with Crippen molar-refractivity contribution in [3.8, 4) is 5.69 Å². The summed E-state index contributed by atoms with van der Waals surface area (Å²) in [6, 6.07) is 16.7.